The van der Waals surface area contributed by atoms with Crippen molar-refractivity contribution in [2.45, 2.75) is 25.0 Å². The molecular formula is C12H17ClN2S. The lowest BCUT2D eigenvalue weighted by Gasteiger charge is -2.31. The van der Waals surface area contributed by atoms with E-state index < -0.39 is 0 Å². The maximum absolute atomic E-state index is 5.89. The molecule has 1 aliphatic heterocycles. The summed E-state index contributed by atoms with van der Waals surface area (Å²) >= 11 is 7.92. The van der Waals surface area contributed by atoms with Gasteiger partial charge in [-0.15, -0.1) is 11.6 Å². The second-order valence-corrected chi connectivity index (χ2v) is 6.05. The minimum absolute atomic E-state index is 0.564. The third kappa shape index (κ3) is 2.83. The number of pyridine rings is 1. The van der Waals surface area contributed by atoms with Crippen LogP contribution in [0, 0.1) is 6.92 Å². The van der Waals surface area contributed by atoms with Crippen molar-refractivity contribution in [3.63, 3.8) is 0 Å². The topological polar surface area (TPSA) is 16.1 Å². The second kappa shape index (κ2) is 5.28. The van der Waals surface area contributed by atoms with Crippen molar-refractivity contribution in [2.75, 3.05) is 23.7 Å². The Morgan fingerprint density at radius 1 is 1.56 bits per heavy atom. The molecule has 0 N–H and O–H groups in total. The van der Waals surface area contributed by atoms with E-state index in [1.54, 1.807) is 0 Å². The van der Waals surface area contributed by atoms with Crippen LogP contribution in [-0.4, -0.2) is 29.1 Å². The Kier molecular flexibility index (Phi) is 3.98. The normalized spacial score (nSPS) is 21.2. The van der Waals surface area contributed by atoms with Crippen LogP contribution in [-0.2, 0) is 5.88 Å². The van der Waals surface area contributed by atoms with Gasteiger partial charge in [0.2, 0.25) is 0 Å². The van der Waals surface area contributed by atoms with Gasteiger partial charge in [-0.3, -0.25) is 0 Å². The predicted octanol–water partition coefficient (Wildman–Crippen LogP) is 3.07. The van der Waals surface area contributed by atoms with E-state index in [-0.39, 0.29) is 0 Å². The van der Waals surface area contributed by atoms with Crippen molar-refractivity contribution >= 4 is 29.2 Å². The number of aryl methyl sites for hydroxylation is 1. The highest BCUT2D eigenvalue weighted by molar-refractivity contribution is 8.00. The second-order valence-electron chi connectivity index (χ2n) is 4.24. The molecule has 16 heavy (non-hydrogen) atoms. The molecule has 0 aromatic carbocycles. The summed E-state index contributed by atoms with van der Waals surface area (Å²) in [4.78, 5) is 6.96. The van der Waals surface area contributed by atoms with E-state index >= 15 is 0 Å². The first-order valence-electron chi connectivity index (χ1n) is 5.59. The highest BCUT2D eigenvalue weighted by atomic mass is 35.5. The lowest BCUT2D eigenvalue weighted by molar-refractivity contribution is 0.767. The molecule has 0 spiro atoms. The first kappa shape index (κ1) is 12.1. The van der Waals surface area contributed by atoms with E-state index in [4.69, 9.17) is 11.6 Å². The van der Waals surface area contributed by atoms with Gasteiger partial charge < -0.3 is 4.90 Å². The fourth-order valence-corrected chi connectivity index (χ4v) is 3.15. The fourth-order valence-electron chi connectivity index (χ4n) is 1.99. The van der Waals surface area contributed by atoms with Crippen LogP contribution in [0.3, 0.4) is 0 Å². The highest BCUT2D eigenvalue weighted by Gasteiger charge is 2.18. The number of thioether (sulfide) groups is 1. The molecule has 1 aromatic rings. The zero-order chi connectivity index (χ0) is 11.5. The lowest BCUT2D eigenvalue weighted by atomic mass is 10.2. The molecule has 0 aliphatic carbocycles. The zero-order valence-corrected chi connectivity index (χ0v) is 11.3. The molecule has 0 bridgehead atoms. The van der Waals surface area contributed by atoms with E-state index in [0.717, 1.165) is 30.2 Å². The average molecular weight is 257 g/mol. The van der Waals surface area contributed by atoms with Crippen molar-refractivity contribution in [1.29, 1.82) is 0 Å². The average Bonchev–Trinajstić information content (AvgIpc) is 2.28. The molecule has 1 unspecified atom stereocenters. The molecule has 2 heterocycles. The van der Waals surface area contributed by atoms with E-state index in [0.29, 0.717) is 11.1 Å². The van der Waals surface area contributed by atoms with Crippen molar-refractivity contribution < 1.29 is 0 Å². The van der Waals surface area contributed by atoms with Crippen LogP contribution in [0.2, 0.25) is 0 Å². The molecule has 1 aliphatic rings. The molecular weight excluding hydrogens is 240 g/mol. The van der Waals surface area contributed by atoms with Crippen LogP contribution < -0.4 is 4.90 Å². The van der Waals surface area contributed by atoms with E-state index in [1.165, 1.54) is 5.75 Å². The van der Waals surface area contributed by atoms with Gasteiger partial charge in [0.25, 0.3) is 0 Å². The summed E-state index contributed by atoms with van der Waals surface area (Å²) in [7, 11) is 0. The van der Waals surface area contributed by atoms with Gasteiger partial charge in [-0.2, -0.15) is 11.8 Å². The number of nitrogens with zero attached hydrogens (tertiary/aromatic N) is 2. The van der Waals surface area contributed by atoms with E-state index in [9.17, 15) is 0 Å². The van der Waals surface area contributed by atoms with Crippen molar-refractivity contribution in [2.24, 2.45) is 0 Å². The maximum atomic E-state index is 5.89. The van der Waals surface area contributed by atoms with Gasteiger partial charge in [0.05, 0.1) is 0 Å². The van der Waals surface area contributed by atoms with E-state index in [2.05, 4.69) is 28.9 Å². The molecule has 88 valence electrons. The molecule has 0 saturated carbocycles. The SMILES string of the molecule is Cc1cc(CCl)cc(N2CCSC(C)C2)n1. The van der Waals surface area contributed by atoms with Crippen molar-refractivity contribution in [3.8, 4) is 0 Å². The van der Waals surface area contributed by atoms with Gasteiger partial charge >= 0.3 is 0 Å². The van der Waals surface area contributed by atoms with Gasteiger partial charge in [-0.25, -0.2) is 4.98 Å². The largest absolute Gasteiger partial charge is 0.355 e. The monoisotopic (exact) mass is 256 g/mol. The molecule has 0 amide bonds. The summed E-state index contributed by atoms with van der Waals surface area (Å²) in [5, 5.41) is 0.690. The van der Waals surface area contributed by atoms with Gasteiger partial charge in [0.15, 0.2) is 0 Å². The van der Waals surface area contributed by atoms with Crippen LogP contribution in [0.25, 0.3) is 0 Å². The third-order valence-electron chi connectivity index (χ3n) is 2.72. The maximum Gasteiger partial charge on any atom is 0.129 e. The van der Waals surface area contributed by atoms with Gasteiger partial charge in [-0.05, 0) is 24.6 Å². The Morgan fingerprint density at radius 3 is 3.06 bits per heavy atom. The summed E-state index contributed by atoms with van der Waals surface area (Å²) in [6.07, 6.45) is 0. The van der Waals surface area contributed by atoms with Crippen molar-refractivity contribution in [1.82, 2.24) is 4.98 Å². The molecule has 4 heteroatoms. The van der Waals surface area contributed by atoms with Crippen LogP contribution in [0.5, 0.6) is 0 Å². The summed E-state index contributed by atoms with van der Waals surface area (Å²) in [6, 6.07) is 4.17. The quantitative estimate of drug-likeness (QED) is 0.757. The Balaban J connectivity index is 2.21. The highest BCUT2D eigenvalue weighted by Crippen LogP contribution is 2.23. The molecule has 2 nitrogen and oxygen atoms in total. The summed E-state index contributed by atoms with van der Waals surface area (Å²) < 4.78 is 0. The smallest absolute Gasteiger partial charge is 0.129 e. The Labute approximate surface area is 106 Å². The first-order chi connectivity index (χ1) is 7.69. The zero-order valence-electron chi connectivity index (χ0n) is 9.74. The predicted molar refractivity (Wildman–Crippen MR) is 72.7 cm³/mol. The molecule has 1 aromatic heterocycles. The van der Waals surface area contributed by atoms with Gasteiger partial charge in [-0.1, -0.05) is 6.92 Å². The Bertz CT molecular complexity index is 370. The number of rotatable bonds is 2. The summed E-state index contributed by atoms with van der Waals surface area (Å²) in [5.41, 5.74) is 2.22. The van der Waals surface area contributed by atoms with Crippen LogP contribution in [0.15, 0.2) is 12.1 Å². The minimum atomic E-state index is 0.564. The number of hydrogen-bond acceptors (Lipinski definition) is 3. The number of halogens is 1. The Morgan fingerprint density at radius 2 is 2.38 bits per heavy atom. The molecule has 1 fully saturated rings. The first-order valence-corrected chi connectivity index (χ1v) is 7.17. The summed E-state index contributed by atoms with van der Waals surface area (Å²) in [5.74, 6) is 2.84. The molecule has 2 rings (SSSR count). The minimum Gasteiger partial charge on any atom is -0.355 e. The number of aromatic nitrogens is 1. The number of hydrogen-bond donors (Lipinski definition) is 0. The van der Waals surface area contributed by atoms with Crippen LogP contribution in [0.1, 0.15) is 18.2 Å². The fraction of sp³-hybridized carbons (Fsp3) is 0.583. The van der Waals surface area contributed by atoms with Gasteiger partial charge in [0, 0.05) is 35.7 Å². The number of alkyl halides is 1. The number of anilines is 1. The Hall–Kier alpha value is -0.410. The molecule has 1 saturated heterocycles. The lowest BCUT2D eigenvalue weighted by Crippen LogP contribution is -2.37. The standard InChI is InChI=1S/C12H17ClN2S/c1-9-5-11(7-13)6-12(14-9)15-3-4-16-10(2)8-15/h5-6,10H,3-4,7-8H2,1-2H3. The van der Waals surface area contributed by atoms with Crippen LogP contribution in [0.4, 0.5) is 5.82 Å². The van der Waals surface area contributed by atoms with Gasteiger partial charge in [0.1, 0.15) is 5.82 Å². The van der Waals surface area contributed by atoms with Crippen LogP contribution >= 0.6 is 23.4 Å². The van der Waals surface area contributed by atoms with E-state index in [1.807, 2.05) is 18.7 Å². The third-order valence-corrected chi connectivity index (χ3v) is 4.16. The van der Waals surface area contributed by atoms with Crippen molar-refractivity contribution in [3.05, 3.63) is 23.4 Å². The summed E-state index contributed by atoms with van der Waals surface area (Å²) in [6.45, 7) is 6.48. The molecule has 0 radical (unpaired) electrons. The molecule has 1 atom stereocenters.